The lowest BCUT2D eigenvalue weighted by Crippen LogP contribution is -2.24. The topological polar surface area (TPSA) is 67.9 Å². The van der Waals surface area contributed by atoms with Crippen LogP contribution in [0.4, 0.5) is 5.69 Å². The Morgan fingerprint density at radius 1 is 1.50 bits per heavy atom. The molecule has 0 saturated heterocycles. The van der Waals surface area contributed by atoms with Gasteiger partial charge in [0.25, 0.3) is 0 Å². The number of nitrogens with two attached hydrogens (primary N) is 1. The number of esters is 1. The summed E-state index contributed by atoms with van der Waals surface area (Å²) in [5, 5.41) is 5.00. The lowest BCUT2D eigenvalue weighted by atomic mass is 10.3. The first-order chi connectivity index (χ1) is 7.65. The Hall–Kier alpha value is -2.14. The molecule has 0 unspecified atom stereocenters. The van der Waals surface area contributed by atoms with Crippen molar-refractivity contribution in [1.82, 2.24) is 0 Å². The average Bonchev–Trinajstić information content (AvgIpc) is 2.35. The number of nitrogens with zero attached hydrogens (tertiary/aromatic N) is 2. The van der Waals surface area contributed by atoms with Crippen LogP contribution in [-0.2, 0) is 9.53 Å². The largest absolute Gasteiger partial charge is 0.465 e. The number of carbonyl (C=O) groups excluding carboxylic acids is 1. The van der Waals surface area contributed by atoms with E-state index in [0.717, 1.165) is 5.12 Å². The first kappa shape index (κ1) is 11.9. The number of hydrogen-bond acceptors (Lipinski definition) is 5. The van der Waals surface area contributed by atoms with Crippen molar-refractivity contribution < 1.29 is 9.53 Å². The Kier molecular flexibility index (Phi) is 4.23. The smallest absolute Gasteiger partial charge is 0.338 e. The maximum Gasteiger partial charge on any atom is 0.338 e. The van der Waals surface area contributed by atoms with Crippen molar-refractivity contribution in [3.8, 4) is 0 Å². The monoisotopic (exact) mass is 219 g/mol. The molecule has 0 atom stereocenters. The van der Waals surface area contributed by atoms with E-state index in [0.29, 0.717) is 5.69 Å². The third-order valence-electron chi connectivity index (χ3n) is 1.81. The van der Waals surface area contributed by atoms with E-state index in [1.165, 1.54) is 13.3 Å². The van der Waals surface area contributed by atoms with Crippen LogP contribution in [0.25, 0.3) is 0 Å². The number of hydrogen-bond donors (Lipinski definition) is 1. The van der Waals surface area contributed by atoms with E-state index in [9.17, 15) is 4.79 Å². The van der Waals surface area contributed by atoms with Gasteiger partial charge in [-0.1, -0.05) is 24.8 Å². The van der Waals surface area contributed by atoms with E-state index in [4.69, 9.17) is 5.84 Å². The molecule has 84 valence electrons. The number of benzene rings is 1. The molecule has 0 bridgehead atoms. The second-order valence-corrected chi connectivity index (χ2v) is 2.94. The third-order valence-corrected chi connectivity index (χ3v) is 1.81. The molecule has 0 aliphatic heterocycles. The Morgan fingerprint density at radius 3 is 2.69 bits per heavy atom. The van der Waals surface area contributed by atoms with Gasteiger partial charge in [-0.3, -0.25) is 0 Å². The number of hydrazone groups is 1. The predicted octanol–water partition coefficient (Wildman–Crippen LogP) is 1.08. The van der Waals surface area contributed by atoms with Gasteiger partial charge in [0.2, 0.25) is 0 Å². The SMILES string of the molecule is C=C(/C=N\N(N)c1ccccc1)C(=O)OC. The van der Waals surface area contributed by atoms with E-state index in [2.05, 4.69) is 16.4 Å². The Morgan fingerprint density at radius 2 is 2.12 bits per heavy atom. The van der Waals surface area contributed by atoms with Crippen molar-refractivity contribution in [3.63, 3.8) is 0 Å². The fourth-order valence-electron chi connectivity index (χ4n) is 0.963. The van der Waals surface area contributed by atoms with Gasteiger partial charge in [-0.05, 0) is 12.1 Å². The van der Waals surface area contributed by atoms with Crippen LogP contribution in [-0.4, -0.2) is 19.3 Å². The van der Waals surface area contributed by atoms with E-state index in [1.807, 2.05) is 18.2 Å². The first-order valence-corrected chi connectivity index (χ1v) is 4.56. The number of rotatable bonds is 4. The zero-order chi connectivity index (χ0) is 12.0. The van der Waals surface area contributed by atoms with Gasteiger partial charge < -0.3 is 4.74 Å². The van der Waals surface area contributed by atoms with Crippen LogP contribution < -0.4 is 11.0 Å². The van der Waals surface area contributed by atoms with Crippen molar-refractivity contribution in [1.29, 1.82) is 0 Å². The van der Waals surface area contributed by atoms with Gasteiger partial charge in [0.1, 0.15) is 0 Å². The third kappa shape index (κ3) is 3.21. The number of carbonyl (C=O) groups is 1. The van der Waals surface area contributed by atoms with E-state index in [1.54, 1.807) is 12.1 Å². The number of para-hydroxylation sites is 1. The molecule has 0 heterocycles. The van der Waals surface area contributed by atoms with Gasteiger partial charge in [0.05, 0.1) is 24.6 Å². The normalized spacial score (nSPS) is 10.1. The standard InChI is InChI=1S/C11H13N3O2/c1-9(11(15)16-2)8-13-14(12)10-6-4-3-5-7-10/h3-8H,1,12H2,2H3/b13-8-. The van der Waals surface area contributed by atoms with Gasteiger partial charge in [-0.15, -0.1) is 0 Å². The number of anilines is 1. The minimum Gasteiger partial charge on any atom is -0.465 e. The second-order valence-electron chi connectivity index (χ2n) is 2.94. The maximum atomic E-state index is 11.0. The molecule has 0 saturated carbocycles. The Bertz CT molecular complexity index is 401. The Balaban J connectivity index is 2.65. The summed E-state index contributed by atoms with van der Waals surface area (Å²) >= 11 is 0. The van der Waals surface area contributed by atoms with Crippen LogP contribution in [0.3, 0.4) is 0 Å². The van der Waals surface area contributed by atoms with Crippen LogP contribution >= 0.6 is 0 Å². The molecule has 16 heavy (non-hydrogen) atoms. The Labute approximate surface area is 93.8 Å². The highest BCUT2D eigenvalue weighted by Crippen LogP contribution is 2.08. The molecule has 0 fully saturated rings. The lowest BCUT2D eigenvalue weighted by molar-refractivity contribution is -0.135. The molecule has 5 nitrogen and oxygen atoms in total. The van der Waals surface area contributed by atoms with Crippen molar-refractivity contribution in [3.05, 3.63) is 42.5 Å². The highest BCUT2D eigenvalue weighted by atomic mass is 16.5. The molecular weight excluding hydrogens is 206 g/mol. The van der Waals surface area contributed by atoms with Crippen molar-refractivity contribution >= 4 is 17.9 Å². The minimum absolute atomic E-state index is 0.133. The van der Waals surface area contributed by atoms with Crippen molar-refractivity contribution in [2.24, 2.45) is 10.9 Å². The summed E-state index contributed by atoms with van der Waals surface area (Å²) in [7, 11) is 1.28. The zero-order valence-electron chi connectivity index (χ0n) is 8.96. The summed E-state index contributed by atoms with van der Waals surface area (Å²) in [6.07, 6.45) is 1.25. The van der Waals surface area contributed by atoms with Crippen molar-refractivity contribution in [2.75, 3.05) is 12.2 Å². The average molecular weight is 219 g/mol. The lowest BCUT2D eigenvalue weighted by Gasteiger charge is -2.11. The summed E-state index contributed by atoms with van der Waals surface area (Å²) in [6.45, 7) is 3.49. The quantitative estimate of drug-likeness (QED) is 0.270. The summed E-state index contributed by atoms with van der Waals surface area (Å²) in [5.41, 5.74) is 0.838. The molecule has 0 radical (unpaired) electrons. The molecular formula is C11H13N3O2. The first-order valence-electron chi connectivity index (χ1n) is 4.56. The summed E-state index contributed by atoms with van der Waals surface area (Å²) in [5.74, 6) is 5.09. The zero-order valence-corrected chi connectivity index (χ0v) is 8.96. The summed E-state index contributed by atoms with van der Waals surface area (Å²) in [4.78, 5) is 11.0. The molecule has 0 amide bonds. The van der Waals surface area contributed by atoms with E-state index >= 15 is 0 Å². The van der Waals surface area contributed by atoms with Gasteiger partial charge in [0, 0.05) is 0 Å². The summed E-state index contributed by atoms with van der Waals surface area (Å²) < 4.78 is 4.46. The fraction of sp³-hybridized carbons (Fsp3) is 0.0909. The number of hydrazine groups is 1. The molecule has 5 heteroatoms. The van der Waals surface area contributed by atoms with Crippen LogP contribution in [0, 0.1) is 0 Å². The summed E-state index contributed by atoms with van der Waals surface area (Å²) in [6, 6.07) is 9.12. The maximum absolute atomic E-state index is 11.0. The van der Waals surface area contributed by atoms with Crippen LogP contribution in [0.2, 0.25) is 0 Å². The highest BCUT2D eigenvalue weighted by molar-refractivity contribution is 6.08. The molecule has 2 N–H and O–H groups in total. The van der Waals surface area contributed by atoms with Crippen LogP contribution in [0.5, 0.6) is 0 Å². The molecule has 1 rings (SSSR count). The van der Waals surface area contributed by atoms with E-state index < -0.39 is 5.97 Å². The van der Waals surface area contributed by atoms with Crippen molar-refractivity contribution in [2.45, 2.75) is 0 Å². The van der Waals surface area contributed by atoms with Gasteiger partial charge in [0.15, 0.2) is 0 Å². The number of methoxy groups -OCH3 is 1. The van der Waals surface area contributed by atoms with Crippen LogP contribution in [0.15, 0.2) is 47.6 Å². The van der Waals surface area contributed by atoms with Crippen LogP contribution in [0.1, 0.15) is 0 Å². The fourth-order valence-corrected chi connectivity index (χ4v) is 0.963. The molecule has 0 aliphatic rings. The molecule has 1 aromatic carbocycles. The van der Waals surface area contributed by atoms with E-state index in [-0.39, 0.29) is 5.57 Å². The predicted molar refractivity (Wildman–Crippen MR) is 62.8 cm³/mol. The highest BCUT2D eigenvalue weighted by Gasteiger charge is 2.03. The van der Waals surface area contributed by atoms with Gasteiger partial charge in [-0.25, -0.2) is 10.6 Å². The molecule has 0 spiro atoms. The minimum atomic E-state index is -0.537. The van der Waals surface area contributed by atoms with Gasteiger partial charge >= 0.3 is 5.97 Å². The van der Waals surface area contributed by atoms with Gasteiger partial charge in [-0.2, -0.15) is 10.2 Å². The molecule has 0 aliphatic carbocycles. The molecule has 0 aromatic heterocycles. The second kappa shape index (κ2) is 5.67. The molecule has 1 aromatic rings. The number of ether oxygens (including phenoxy) is 1.